The third kappa shape index (κ3) is 3.91. The molecule has 4 rings (SSSR count). The van der Waals surface area contributed by atoms with Crippen molar-refractivity contribution in [2.75, 3.05) is 0 Å². The van der Waals surface area contributed by atoms with E-state index in [1.54, 1.807) is 6.07 Å². The van der Waals surface area contributed by atoms with Gasteiger partial charge in [-0.05, 0) is 12.8 Å². The maximum atomic E-state index is 12.7. The Bertz CT molecular complexity index is 1100. The van der Waals surface area contributed by atoms with Crippen molar-refractivity contribution >= 4 is 5.91 Å². The minimum Gasteiger partial charge on any atom is -0.355 e. The lowest BCUT2D eigenvalue weighted by Crippen LogP contribution is -2.32. The van der Waals surface area contributed by atoms with E-state index in [1.807, 2.05) is 45.0 Å². The highest BCUT2D eigenvalue weighted by Crippen LogP contribution is 2.24. The molecule has 1 amide bonds. The lowest BCUT2D eigenvalue weighted by atomic mass is 10.0. The maximum absolute atomic E-state index is 12.7. The molecule has 1 unspecified atom stereocenters. The van der Waals surface area contributed by atoms with E-state index in [2.05, 4.69) is 35.8 Å². The Morgan fingerprint density at radius 1 is 1.14 bits per heavy atom. The molecule has 1 atom stereocenters. The van der Waals surface area contributed by atoms with Crippen LogP contribution in [0.4, 0.5) is 0 Å². The van der Waals surface area contributed by atoms with Crippen LogP contribution in [0.15, 0.2) is 45.7 Å². The number of amides is 1. The molecule has 3 aromatic heterocycles. The normalized spacial score (nSPS) is 12.3. The quantitative estimate of drug-likeness (QED) is 0.510. The number of rotatable bonds is 6. The molecule has 4 aromatic rings. The zero-order valence-electron chi connectivity index (χ0n) is 16.1. The molecule has 0 aliphatic rings. The molecular weight excluding hydrogens is 374 g/mol. The highest BCUT2D eigenvalue weighted by atomic mass is 16.5. The largest absolute Gasteiger partial charge is 0.355 e. The van der Waals surface area contributed by atoms with Crippen LogP contribution in [0.2, 0.25) is 0 Å². The number of hydrogen-bond acceptors (Lipinski definition) is 8. The van der Waals surface area contributed by atoms with E-state index in [0.29, 0.717) is 11.6 Å². The Kier molecular flexibility index (Phi) is 4.90. The number of aromatic nitrogens is 6. The van der Waals surface area contributed by atoms with Gasteiger partial charge in [0.2, 0.25) is 11.7 Å². The molecule has 10 nitrogen and oxygen atoms in total. The molecule has 148 valence electrons. The van der Waals surface area contributed by atoms with Crippen LogP contribution in [0, 0.1) is 12.8 Å². The van der Waals surface area contributed by atoms with Gasteiger partial charge in [0, 0.05) is 11.6 Å². The number of carbonyl (C=O) groups excluding carboxylic acids is 1. The van der Waals surface area contributed by atoms with Gasteiger partial charge in [0.25, 0.3) is 5.91 Å². The van der Waals surface area contributed by atoms with Gasteiger partial charge >= 0.3 is 0 Å². The summed E-state index contributed by atoms with van der Waals surface area (Å²) in [5.74, 6) is 1.02. The first-order valence-corrected chi connectivity index (χ1v) is 9.05. The molecule has 10 heteroatoms. The molecule has 0 saturated heterocycles. The van der Waals surface area contributed by atoms with Crippen LogP contribution in [0.5, 0.6) is 0 Å². The van der Waals surface area contributed by atoms with Gasteiger partial charge < -0.3 is 14.4 Å². The van der Waals surface area contributed by atoms with Crippen LogP contribution in [0.3, 0.4) is 0 Å². The van der Waals surface area contributed by atoms with E-state index in [1.165, 1.54) is 6.33 Å². The molecule has 2 N–H and O–H groups in total. The highest BCUT2D eigenvalue weighted by Gasteiger charge is 2.27. The summed E-state index contributed by atoms with van der Waals surface area (Å²) in [5.41, 5.74) is 2.15. The summed E-state index contributed by atoms with van der Waals surface area (Å²) < 4.78 is 10.7. The van der Waals surface area contributed by atoms with Crippen molar-refractivity contribution in [1.82, 2.24) is 35.8 Å². The van der Waals surface area contributed by atoms with Gasteiger partial charge in [-0.25, -0.2) is 4.98 Å². The number of nitrogens with one attached hydrogen (secondary N) is 2. The molecule has 0 aliphatic carbocycles. The molecule has 0 aliphatic heterocycles. The Morgan fingerprint density at radius 2 is 1.93 bits per heavy atom. The molecule has 29 heavy (non-hydrogen) atoms. The van der Waals surface area contributed by atoms with Crippen molar-refractivity contribution in [3.8, 4) is 23.0 Å². The van der Waals surface area contributed by atoms with Crippen molar-refractivity contribution in [3.05, 3.63) is 53.8 Å². The van der Waals surface area contributed by atoms with E-state index in [9.17, 15) is 4.79 Å². The third-order valence-electron chi connectivity index (χ3n) is 4.37. The summed E-state index contributed by atoms with van der Waals surface area (Å²) in [5, 5.41) is 17.1. The van der Waals surface area contributed by atoms with Gasteiger partial charge in [-0.1, -0.05) is 54.0 Å². The second-order valence-corrected chi connectivity index (χ2v) is 6.93. The van der Waals surface area contributed by atoms with E-state index < -0.39 is 11.9 Å². The molecule has 0 spiro atoms. The van der Waals surface area contributed by atoms with E-state index >= 15 is 0 Å². The first-order valence-electron chi connectivity index (χ1n) is 9.05. The summed E-state index contributed by atoms with van der Waals surface area (Å²) in [6.07, 6.45) is 1.35. The Morgan fingerprint density at radius 3 is 2.62 bits per heavy atom. The average Bonchev–Trinajstić information content (AvgIpc) is 3.47. The first-order chi connectivity index (χ1) is 14.0. The van der Waals surface area contributed by atoms with Crippen LogP contribution in [-0.2, 0) is 0 Å². The summed E-state index contributed by atoms with van der Waals surface area (Å²) in [6, 6.07) is 8.86. The zero-order valence-corrected chi connectivity index (χ0v) is 16.1. The van der Waals surface area contributed by atoms with Gasteiger partial charge in [-0.15, -0.1) is 0 Å². The molecule has 1 aromatic carbocycles. The molecule has 0 fully saturated rings. The SMILES string of the molecule is Cc1ccc(-c2cc(C(=O)NC(c3nc(-c4ncn[nH]4)no3)C(C)C)no2)cc1. The number of benzene rings is 1. The smallest absolute Gasteiger partial charge is 0.274 e. The predicted molar refractivity (Wildman–Crippen MR) is 101 cm³/mol. The van der Waals surface area contributed by atoms with Crippen LogP contribution in [0.1, 0.15) is 41.8 Å². The fraction of sp³-hybridized carbons (Fsp3) is 0.263. The minimum atomic E-state index is -0.508. The van der Waals surface area contributed by atoms with Crippen molar-refractivity contribution in [2.45, 2.75) is 26.8 Å². The number of aryl methyl sites for hydroxylation is 1. The van der Waals surface area contributed by atoms with Crippen molar-refractivity contribution in [1.29, 1.82) is 0 Å². The Balaban J connectivity index is 1.52. The minimum absolute atomic E-state index is 0.00885. The summed E-state index contributed by atoms with van der Waals surface area (Å²) >= 11 is 0. The van der Waals surface area contributed by atoms with Crippen molar-refractivity contribution in [3.63, 3.8) is 0 Å². The van der Waals surface area contributed by atoms with Gasteiger partial charge in [-0.3, -0.25) is 9.89 Å². The number of hydrogen-bond donors (Lipinski definition) is 2. The van der Waals surface area contributed by atoms with Gasteiger partial charge in [-0.2, -0.15) is 10.1 Å². The Hall–Kier alpha value is -3.82. The summed E-state index contributed by atoms with van der Waals surface area (Å²) in [6.45, 7) is 5.87. The van der Waals surface area contributed by atoms with E-state index in [-0.39, 0.29) is 23.3 Å². The third-order valence-corrected chi connectivity index (χ3v) is 4.37. The second kappa shape index (κ2) is 7.66. The molecule has 3 heterocycles. The summed E-state index contributed by atoms with van der Waals surface area (Å²) in [7, 11) is 0. The van der Waals surface area contributed by atoms with Gasteiger partial charge in [0.1, 0.15) is 12.4 Å². The Labute approximate surface area is 165 Å². The first kappa shape index (κ1) is 18.5. The molecule has 0 saturated carbocycles. The topological polar surface area (TPSA) is 136 Å². The van der Waals surface area contributed by atoms with Crippen LogP contribution >= 0.6 is 0 Å². The zero-order chi connectivity index (χ0) is 20.4. The number of nitrogens with zero attached hydrogens (tertiary/aromatic N) is 5. The lowest BCUT2D eigenvalue weighted by Gasteiger charge is -2.17. The molecular formula is C19H19N7O3. The monoisotopic (exact) mass is 393 g/mol. The molecule has 0 bridgehead atoms. The average molecular weight is 393 g/mol. The van der Waals surface area contributed by atoms with E-state index in [4.69, 9.17) is 9.05 Å². The van der Waals surface area contributed by atoms with Gasteiger partial charge in [0.05, 0.1) is 0 Å². The van der Waals surface area contributed by atoms with Crippen LogP contribution < -0.4 is 5.32 Å². The van der Waals surface area contributed by atoms with Gasteiger partial charge in [0.15, 0.2) is 17.3 Å². The van der Waals surface area contributed by atoms with E-state index in [0.717, 1.165) is 11.1 Å². The fourth-order valence-corrected chi connectivity index (χ4v) is 2.74. The lowest BCUT2D eigenvalue weighted by molar-refractivity contribution is 0.0904. The standard InChI is InChI=1S/C19H19N7O3/c1-10(2)15(19-23-17(26-29-19)16-20-9-21-24-16)22-18(27)13-8-14(28-25-13)12-6-4-11(3)5-7-12/h4-10,15H,1-3H3,(H,22,27)(H,20,21,24). The maximum Gasteiger partial charge on any atom is 0.274 e. The fourth-order valence-electron chi connectivity index (χ4n) is 2.74. The number of H-pyrrole nitrogens is 1. The van der Waals surface area contributed by atoms with Crippen molar-refractivity contribution in [2.24, 2.45) is 5.92 Å². The molecule has 0 radical (unpaired) electrons. The predicted octanol–water partition coefficient (Wildman–Crippen LogP) is 2.95. The highest BCUT2D eigenvalue weighted by molar-refractivity contribution is 5.93. The van der Waals surface area contributed by atoms with Crippen LogP contribution in [-0.4, -0.2) is 36.4 Å². The van der Waals surface area contributed by atoms with Crippen molar-refractivity contribution < 1.29 is 13.8 Å². The van der Waals surface area contributed by atoms with Crippen LogP contribution in [0.25, 0.3) is 23.0 Å². The second-order valence-electron chi connectivity index (χ2n) is 6.93. The number of carbonyl (C=O) groups is 1. The number of aromatic amines is 1. The summed E-state index contributed by atoms with van der Waals surface area (Å²) in [4.78, 5) is 21.0.